The zero-order valence-electron chi connectivity index (χ0n) is 11.3. The van der Waals surface area contributed by atoms with Crippen LogP contribution in [-0.4, -0.2) is 25.3 Å². The predicted molar refractivity (Wildman–Crippen MR) is 75.3 cm³/mol. The summed E-state index contributed by atoms with van der Waals surface area (Å²) in [5.41, 5.74) is 1.45. The van der Waals surface area contributed by atoms with Crippen molar-refractivity contribution in [2.75, 3.05) is 18.0 Å². The molecule has 0 unspecified atom stereocenters. The maximum Gasteiger partial charge on any atom is 0.405 e. The number of rotatable bonds is 6. The summed E-state index contributed by atoms with van der Waals surface area (Å²) in [4.78, 5) is 1.46. The van der Waals surface area contributed by atoms with Gasteiger partial charge in [-0.25, -0.2) is 0 Å². The van der Waals surface area contributed by atoms with E-state index >= 15 is 0 Å². The lowest BCUT2D eigenvalue weighted by molar-refractivity contribution is -0.120. The van der Waals surface area contributed by atoms with Crippen molar-refractivity contribution in [3.63, 3.8) is 0 Å². The van der Waals surface area contributed by atoms with Crippen LogP contribution in [0.4, 0.5) is 18.9 Å². The quantitative estimate of drug-likeness (QED) is 0.855. The Hall–Kier alpha value is -0.940. The molecule has 0 aliphatic heterocycles. The molecule has 1 aromatic rings. The molecule has 1 aliphatic rings. The van der Waals surface area contributed by atoms with E-state index in [1.165, 1.54) is 4.90 Å². The van der Waals surface area contributed by atoms with Gasteiger partial charge in [-0.1, -0.05) is 18.5 Å². The topological polar surface area (TPSA) is 15.3 Å². The van der Waals surface area contributed by atoms with Crippen molar-refractivity contribution in [2.24, 2.45) is 0 Å². The molecule has 0 aromatic heterocycles. The fraction of sp³-hybridized carbons (Fsp3) is 0.571. The lowest BCUT2D eigenvalue weighted by Crippen LogP contribution is -2.36. The Bertz CT molecular complexity index is 458. The van der Waals surface area contributed by atoms with Crippen LogP contribution in [-0.2, 0) is 6.54 Å². The van der Waals surface area contributed by atoms with Crippen molar-refractivity contribution >= 4 is 17.3 Å². The first-order valence-electron chi connectivity index (χ1n) is 6.73. The van der Waals surface area contributed by atoms with E-state index < -0.39 is 12.7 Å². The second-order valence-corrected chi connectivity index (χ2v) is 5.46. The number of halogens is 4. The number of anilines is 1. The lowest BCUT2D eigenvalue weighted by atomic mass is 10.1. The zero-order valence-corrected chi connectivity index (χ0v) is 12.1. The van der Waals surface area contributed by atoms with Crippen LogP contribution >= 0.6 is 11.6 Å². The number of hydrogen-bond donors (Lipinski definition) is 1. The van der Waals surface area contributed by atoms with Gasteiger partial charge in [0.1, 0.15) is 6.54 Å². The molecule has 20 heavy (non-hydrogen) atoms. The normalized spacial score (nSPS) is 15.4. The largest absolute Gasteiger partial charge is 0.405 e. The van der Waals surface area contributed by atoms with Gasteiger partial charge < -0.3 is 10.2 Å². The van der Waals surface area contributed by atoms with Gasteiger partial charge in [-0.2, -0.15) is 13.2 Å². The van der Waals surface area contributed by atoms with Gasteiger partial charge in [-0.3, -0.25) is 0 Å². The molecule has 0 amide bonds. The summed E-state index contributed by atoms with van der Waals surface area (Å²) in [7, 11) is 0. The third-order valence-electron chi connectivity index (χ3n) is 3.25. The fourth-order valence-electron chi connectivity index (χ4n) is 2.23. The highest BCUT2D eigenvalue weighted by Crippen LogP contribution is 2.36. The van der Waals surface area contributed by atoms with E-state index in [9.17, 15) is 13.2 Å². The highest BCUT2D eigenvalue weighted by atomic mass is 35.5. The molecule has 2 rings (SSSR count). The molecule has 1 aliphatic carbocycles. The van der Waals surface area contributed by atoms with Gasteiger partial charge in [0.15, 0.2) is 0 Å². The highest BCUT2D eigenvalue weighted by molar-refractivity contribution is 6.30. The van der Waals surface area contributed by atoms with Gasteiger partial charge in [-0.15, -0.1) is 0 Å². The van der Waals surface area contributed by atoms with Crippen LogP contribution in [0.15, 0.2) is 18.2 Å². The molecule has 0 radical (unpaired) electrons. The molecule has 1 fully saturated rings. The number of hydrogen-bond acceptors (Lipinski definition) is 2. The van der Waals surface area contributed by atoms with Gasteiger partial charge in [0.05, 0.1) is 0 Å². The standard InChI is InChI=1S/C14H18ClF3N2/c1-2-19-8-10-7-11(15)3-6-13(10)20(12-4-5-12)9-14(16,17)18/h3,6-7,12,19H,2,4-5,8-9H2,1H3. The van der Waals surface area contributed by atoms with Crippen LogP contribution in [0.2, 0.25) is 5.02 Å². The molecule has 0 heterocycles. The van der Waals surface area contributed by atoms with Crippen molar-refractivity contribution < 1.29 is 13.2 Å². The van der Waals surface area contributed by atoms with E-state index in [0.29, 0.717) is 17.3 Å². The monoisotopic (exact) mass is 306 g/mol. The summed E-state index contributed by atoms with van der Waals surface area (Å²) >= 11 is 5.96. The third-order valence-corrected chi connectivity index (χ3v) is 3.49. The summed E-state index contributed by atoms with van der Waals surface area (Å²) < 4.78 is 38.3. The molecule has 6 heteroatoms. The average molecular weight is 307 g/mol. The molecule has 1 N–H and O–H groups in total. The maximum absolute atomic E-state index is 12.8. The molecule has 1 saturated carbocycles. The van der Waals surface area contributed by atoms with Crippen molar-refractivity contribution in [2.45, 2.75) is 38.5 Å². The van der Waals surface area contributed by atoms with Crippen molar-refractivity contribution in [1.29, 1.82) is 0 Å². The molecule has 0 spiro atoms. The van der Waals surface area contributed by atoms with E-state index in [1.54, 1.807) is 18.2 Å². The summed E-state index contributed by atoms with van der Waals surface area (Å²) in [5.74, 6) is 0. The zero-order chi connectivity index (χ0) is 14.8. The first-order valence-corrected chi connectivity index (χ1v) is 7.11. The molecule has 0 saturated heterocycles. The summed E-state index contributed by atoms with van der Waals surface area (Å²) in [5, 5.41) is 3.69. The number of nitrogens with one attached hydrogen (secondary N) is 1. The molecule has 0 atom stereocenters. The number of nitrogens with zero attached hydrogens (tertiary/aromatic N) is 1. The molecule has 1 aromatic carbocycles. The van der Waals surface area contributed by atoms with Crippen LogP contribution in [0.25, 0.3) is 0 Å². The minimum absolute atomic E-state index is 0.00169. The van der Waals surface area contributed by atoms with Crippen LogP contribution in [0.3, 0.4) is 0 Å². The number of alkyl halides is 3. The van der Waals surface area contributed by atoms with Crippen molar-refractivity contribution in [1.82, 2.24) is 5.32 Å². The smallest absolute Gasteiger partial charge is 0.359 e. The Morgan fingerprint density at radius 1 is 1.35 bits per heavy atom. The average Bonchev–Trinajstić information content (AvgIpc) is 3.17. The Morgan fingerprint density at radius 3 is 2.60 bits per heavy atom. The first kappa shape index (κ1) is 15.4. The second-order valence-electron chi connectivity index (χ2n) is 5.03. The maximum atomic E-state index is 12.8. The molecular weight excluding hydrogens is 289 g/mol. The first-order chi connectivity index (χ1) is 9.40. The predicted octanol–water partition coefficient (Wildman–Crippen LogP) is 3.98. The Balaban J connectivity index is 2.27. The third kappa shape index (κ3) is 4.28. The minimum atomic E-state index is -4.20. The van der Waals surface area contributed by atoms with Gasteiger partial charge in [0.25, 0.3) is 0 Å². The lowest BCUT2D eigenvalue weighted by Gasteiger charge is -2.28. The van der Waals surface area contributed by atoms with Gasteiger partial charge in [-0.05, 0) is 43.1 Å². The summed E-state index contributed by atoms with van der Waals surface area (Å²) in [6, 6.07) is 5.08. The summed E-state index contributed by atoms with van der Waals surface area (Å²) in [6.45, 7) is 2.33. The minimum Gasteiger partial charge on any atom is -0.359 e. The Morgan fingerprint density at radius 2 is 2.05 bits per heavy atom. The molecule has 0 bridgehead atoms. The van der Waals surface area contributed by atoms with Gasteiger partial charge in [0, 0.05) is 23.3 Å². The molecular formula is C14H18ClF3N2. The number of benzene rings is 1. The van der Waals surface area contributed by atoms with E-state index in [4.69, 9.17) is 11.6 Å². The summed E-state index contributed by atoms with van der Waals surface area (Å²) in [6.07, 6.45) is -2.56. The highest BCUT2D eigenvalue weighted by Gasteiger charge is 2.38. The van der Waals surface area contributed by atoms with E-state index in [2.05, 4.69) is 5.32 Å². The van der Waals surface area contributed by atoms with Crippen LogP contribution < -0.4 is 10.2 Å². The second kappa shape index (κ2) is 6.22. The van der Waals surface area contributed by atoms with Crippen molar-refractivity contribution in [3.8, 4) is 0 Å². The molecule has 2 nitrogen and oxygen atoms in total. The van der Waals surface area contributed by atoms with Crippen molar-refractivity contribution in [3.05, 3.63) is 28.8 Å². The van der Waals surface area contributed by atoms with Gasteiger partial charge >= 0.3 is 6.18 Å². The Kier molecular flexibility index (Phi) is 4.81. The van der Waals surface area contributed by atoms with E-state index in [1.807, 2.05) is 6.92 Å². The van der Waals surface area contributed by atoms with E-state index in [-0.39, 0.29) is 6.04 Å². The van der Waals surface area contributed by atoms with Crippen LogP contribution in [0, 0.1) is 0 Å². The van der Waals surface area contributed by atoms with Crippen LogP contribution in [0.1, 0.15) is 25.3 Å². The Labute approximate surface area is 121 Å². The molecule has 112 valence electrons. The van der Waals surface area contributed by atoms with Gasteiger partial charge in [0.2, 0.25) is 0 Å². The fourth-order valence-corrected chi connectivity index (χ4v) is 2.42. The van der Waals surface area contributed by atoms with E-state index in [0.717, 1.165) is 24.9 Å². The SMILES string of the molecule is CCNCc1cc(Cl)ccc1N(CC(F)(F)F)C1CC1. The van der Waals surface area contributed by atoms with Crippen LogP contribution in [0.5, 0.6) is 0 Å².